The Morgan fingerprint density at radius 1 is 1.12 bits per heavy atom. The van der Waals surface area contributed by atoms with Gasteiger partial charge in [0.05, 0.1) is 6.26 Å². The zero-order valence-electron chi connectivity index (χ0n) is 14.6. The summed E-state index contributed by atoms with van der Waals surface area (Å²) in [5, 5.41) is 7.00. The Balaban J connectivity index is 1.44. The SMILES string of the molecule is O=C(NC1CCCCC1)[C@@H]1CCCN1C(=O)c1cc(-c2ccco2)on1. The quantitative estimate of drug-likeness (QED) is 0.909. The highest BCUT2D eigenvalue weighted by atomic mass is 16.5. The number of carbonyl (C=O) groups excluding carboxylic acids is 2. The van der Waals surface area contributed by atoms with Gasteiger partial charge in [0.25, 0.3) is 5.91 Å². The summed E-state index contributed by atoms with van der Waals surface area (Å²) in [5.41, 5.74) is 0.203. The van der Waals surface area contributed by atoms with Gasteiger partial charge in [0.15, 0.2) is 11.5 Å². The fourth-order valence-corrected chi connectivity index (χ4v) is 3.88. The van der Waals surface area contributed by atoms with Gasteiger partial charge < -0.3 is 19.2 Å². The number of aromatic nitrogens is 1. The Hall–Kier alpha value is -2.57. The maximum atomic E-state index is 12.8. The molecule has 4 rings (SSSR count). The van der Waals surface area contributed by atoms with Crippen LogP contribution in [0.5, 0.6) is 0 Å². The molecule has 0 unspecified atom stereocenters. The van der Waals surface area contributed by atoms with Crippen LogP contribution in [0.2, 0.25) is 0 Å². The second-order valence-corrected chi connectivity index (χ2v) is 7.05. The van der Waals surface area contributed by atoms with E-state index in [4.69, 9.17) is 8.94 Å². The highest BCUT2D eigenvalue weighted by Gasteiger charge is 2.36. The van der Waals surface area contributed by atoms with Crippen molar-refractivity contribution in [3.8, 4) is 11.5 Å². The number of amides is 2. The molecule has 1 N–H and O–H groups in total. The lowest BCUT2D eigenvalue weighted by molar-refractivity contribution is -0.125. The lowest BCUT2D eigenvalue weighted by Crippen LogP contribution is -2.49. The van der Waals surface area contributed by atoms with Gasteiger partial charge in [-0.05, 0) is 37.8 Å². The van der Waals surface area contributed by atoms with Crippen LogP contribution in [0.3, 0.4) is 0 Å². The molecule has 3 heterocycles. The molecular weight excluding hydrogens is 334 g/mol. The zero-order valence-corrected chi connectivity index (χ0v) is 14.6. The van der Waals surface area contributed by atoms with E-state index in [0.29, 0.717) is 24.5 Å². The van der Waals surface area contributed by atoms with Crippen molar-refractivity contribution in [1.82, 2.24) is 15.4 Å². The van der Waals surface area contributed by atoms with E-state index < -0.39 is 6.04 Å². The molecule has 2 aromatic rings. The van der Waals surface area contributed by atoms with E-state index in [9.17, 15) is 9.59 Å². The smallest absolute Gasteiger partial charge is 0.276 e. The Labute approximate surface area is 151 Å². The summed E-state index contributed by atoms with van der Waals surface area (Å²) >= 11 is 0. The zero-order chi connectivity index (χ0) is 17.9. The highest BCUT2D eigenvalue weighted by Crippen LogP contribution is 2.25. The Kier molecular flexibility index (Phi) is 4.77. The molecule has 1 saturated heterocycles. The molecule has 1 aliphatic carbocycles. The van der Waals surface area contributed by atoms with Crippen LogP contribution in [-0.4, -0.2) is 40.5 Å². The number of hydrogen-bond acceptors (Lipinski definition) is 5. The van der Waals surface area contributed by atoms with Crippen LogP contribution >= 0.6 is 0 Å². The topological polar surface area (TPSA) is 88.6 Å². The first-order valence-corrected chi connectivity index (χ1v) is 9.34. The number of rotatable bonds is 4. The van der Waals surface area contributed by atoms with Crippen molar-refractivity contribution in [1.29, 1.82) is 0 Å². The largest absolute Gasteiger partial charge is 0.461 e. The minimum Gasteiger partial charge on any atom is -0.461 e. The molecule has 1 aliphatic heterocycles. The molecule has 26 heavy (non-hydrogen) atoms. The number of furan rings is 1. The molecule has 2 fully saturated rings. The molecule has 0 bridgehead atoms. The maximum Gasteiger partial charge on any atom is 0.276 e. The molecule has 7 nitrogen and oxygen atoms in total. The fourth-order valence-electron chi connectivity index (χ4n) is 3.88. The Bertz CT molecular complexity index is 762. The van der Waals surface area contributed by atoms with Crippen LogP contribution in [0.4, 0.5) is 0 Å². The lowest BCUT2D eigenvalue weighted by atomic mass is 9.95. The van der Waals surface area contributed by atoms with E-state index in [-0.39, 0.29) is 23.6 Å². The normalized spacial score (nSPS) is 21.1. The molecule has 2 aromatic heterocycles. The van der Waals surface area contributed by atoms with Gasteiger partial charge in [-0.25, -0.2) is 0 Å². The molecule has 138 valence electrons. The Morgan fingerprint density at radius 2 is 1.96 bits per heavy atom. The van der Waals surface area contributed by atoms with E-state index in [1.165, 1.54) is 12.7 Å². The first-order valence-electron chi connectivity index (χ1n) is 9.34. The van der Waals surface area contributed by atoms with Crippen LogP contribution in [0.1, 0.15) is 55.4 Å². The maximum absolute atomic E-state index is 12.8. The summed E-state index contributed by atoms with van der Waals surface area (Å²) in [5.74, 6) is 0.607. The average molecular weight is 357 g/mol. The van der Waals surface area contributed by atoms with Gasteiger partial charge in [0.1, 0.15) is 6.04 Å². The third kappa shape index (κ3) is 3.38. The molecule has 7 heteroatoms. The monoisotopic (exact) mass is 357 g/mol. The van der Waals surface area contributed by atoms with Crippen molar-refractivity contribution in [2.75, 3.05) is 6.54 Å². The predicted octanol–water partition coefficient (Wildman–Crippen LogP) is 2.99. The molecule has 2 aliphatic rings. The van der Waals surface area contributed by atoms with Gasteiger partial charge in [-0.1, -0.05) is 24.4 Å². The number of hydrogen-bond donors (Lipinski definition) is 1. The van der Waals surface area contributed by atoms with Gasteiger partial charge in [-0.3, -0.25) is 9.59 Å². The summed E-state index contributed by atoms with van der Waals surface area (Å²) in [6.07, 6.45) is 8.66. The third-order valence-electron chi connectivity index (χ3n) is 5.26. The summed E-state index contributed by atoms with van der Waals surface area (Å²) in [4.78, 5) is 27.1. The van der Waals surface area contributed by atoms with Gasteiger partial charge in [0, 0.05) is 18.7 Å². The number of likely N-dealkylation sites (tertiary alicyclic amines) is 1. The van der Waals surface area contributed by atoms with Crippen molar-refractivity contribution >= 4 is 11.8 Å². The molecule has 1 atom stereocenters. The van der Waals surface area contributed by atoms with Crippen molar-refractivity contribution in [2.24, 2.45) is 0 Å². The van der Waals surface area contributed by atoms with Crippen molar-refractivity contribution in [3.63, 3.8) is 0 Å². The first-order chi connectivity index (χ1) is 12.7. The van der Waals surface area contributed by atoms with E-state index in [2.05, 4.69) is 10.5 Å². The van der Waals surface area contributed by atoms with Crippen LogP contribution in [0, 0.1) is 0 Å². The molecule has 1 saturated carbocycles. The van der Waals surface area contributed by atoms with Crippen molar-refractivity contribution < 1.29 is 18.5 Å². The summed E-state index contributed by atoms with van der Waals surface area (Å²) in [7, 11) is 0. The second-order valence-electron chi connectivity index (χ2n) is 7.05. The van der Waals surface area contributed by atoms with Crippen molar-refractivity contribution in [2.45, 2.75) is 57.0 Å². The molecular formula is C19H23N3O4. The fraction of sp³-hybridized carbons (Fsp3) is 0.526. The van der Waals surface area contributed by atoms with E-state index in [1.807, 2.05) is 0 Å². The number of nitrogens with one attached hydrogen (secondary N) is 1. The minimum atomic E-state index is -0.423. The van der Waals surface area contributed by atoms with E-state index >= 15 is 0 Å². The Morgan fingerprint density at radius 3 is 2.73 bits per heavy atom. The van der Waals surface area contributed by atoms with E-state index in [0.717, 1.165) is 32.1 Å². The van der Waals surface area contributed by atoms with Gasteiger partial charge >= 0.3 is 0 Å². The lowest BCUT2D eigenvalue weighted by Gasteiger charge is -2.27. The van der Waals surface area contributed by atoms with E-state index in [1.54, 1.807) is 23.1 Å². The minimum absolute atomic E-state index is 0.0440. The first kappa shape index (κ1) is 16.9. The average Bonchev–Trinajstić information content (AvgIpc) is 3.42. The van der Waals surface area contributed by atoms with Crippen molar-refractivity contribution in [3.05, 3.63) is 30.2 Å². The number of nitrogens with zero attached hydrogens (tertiary/aromatic N) is 2. The molecule has 0 spiro atoms. The molecule has 0 radical (unpaired) electrons. The summed E-state index contributed by atoms with van der Waals surface area (Å²) in [6.45, 7) is 0.560. The molecule has 2 amide bonds. The highest BCUT2D eigenvalue weighted by molar-refractivity contribution is 5.97. The van der Waals surface area contributed by atoms with Gasteiger partial charge in [-0.15, -0.1) is 0 Å². The molecule has 0 aromatic carbocycles. The van der Waals surface area contributed by atoms with Crippen LogP contribution in [0.15, 0.2) is 33.4 Å². The second kappa shape index (κ2) is 7.35. The predicted molar refractivity (Wildman–Crippen MR) is 93.3 cm³/mol. The standard InChI is InChI=1S/C19H23N3O4/c23-18(20-13-6-2-1-3-7-13)15-8-4-10-22(15)19(24)14-12-17(26-21-14)16-9-5-11-25-16/h5,9,11-13,15H,1-4,6-8,10H2,(H,20,23)/t15-/m0/s1. The number of carbonyl (C=O) groups is 2. The third-order valence-corrected chi connectivity index (χ3v) is 5.26. The summed E-state index contributed by atoms with van der Waals surface area (Å²) in [6, 6.07) is 4.87. The summed E-state index contributed by atoms with van der Waals surface area (Å²) < 4.78 is 10.5. The van der Waals surface area contributed by atoms with Crippen LogP contribution in [0.25, 0.3) is 11.5 Å². The van der Waals surface area contributed by atoms with Gasteiger partial charge in [0.2, 0.25) is 11.7 Å². The van der Waals surface area contributed by atoms with Crippen LogP contribution in [-0.2, 0) is 4.79 Å². The van der Waals surface area contributed by atoms with Crippen LogP contribution < -0.4 is 5.32 Å². The van der Waals surface area contributed by atoms with Gasteiger partial charge in [-0.2, -0.15) is 0 Å².